The Bertz CT molecular complexity index is 961. The van der Waals surface area contributed by atoms with Gasteiger partial charge in [-0.25, -0.2) is 19.1 Å². The van der Waals surface area contributed by atoms with Crippen LogP contribution in [0.25, 0.3) is 16.9 Å². The fourth-order valence-corrected chi connectivity index (χ4v) is 2.15. The Kier molecular flexibility index (Phi) is 3.20. The molecule has 3 aromatic rings. The maximum absolute atomic E-state index is 12.1. The number of nitrogens with one attached hydrogen (secondary N) is 1. The number of methoxy groups -OCH3 is 1. The summed E-state index contributed by atoms with van der Waals surface area (Å²) >= 11 is 0. The zero-order valence-electron chi connectivity index (χ0n) is 11.5. The molecule has 2 aromatic heterocycles. The van der Waals surface area contributed by atoms with Crippen LogP contribution in [0.5, 0.6) is 0 Å². The number of aromatic amines is 1. The number of pyridine rings is 1. The van der Waals surface area contributed by atoms with Crippen LogP contribution in [-0.4, -0.2) is 27.6 Å². The van der Waals surface area contributed by atoms with Gasteiger partial charge in [0.2, 0.25) is 0 Å². The van der Waals surface area contributed by atoms with E-state index in [-0.39, 0.29) is 11.3 Å². The number of carbonyl (C=O) groups excluding carboxylic acids is 1. The van der Waals surface area contributed by atoms with Crippen molar-refractivity contribution in [2.24, 2.45) is 0 Å². The van der Waals surface area contributed by atoms with Crippen LogP contribution in [0.15, 0.2) is 41.3 Å². The van der Waals surface area contributed by atoms with Gasteiger partial charge in [-0.1, -0.05) is 0 Å². The molecule has 0 aliphatic rings. The first-order chi connectivity index (χ1) is 10.6. The fourth-order valence-electron chi connectivity index (χ4n) is 2.15. The van der Waals surface area contributed by atoms with Crippen molar-refractivity contribution in [1.29, 1.82) is 5.26 Å². The highest BCUT2D eigenvalue weighted by molar-refractivity contribution is 5.92. The lowest BCUT2D eigenvalue weighted by Crippen LogP contribution is -2.14. The van der Waals surface area contributed by atoms with Crippen LogP contribution in [0.2, 0.25) is 0 Å². The molecular formula is C15H10N4O3. The summed E-state index contributed by atoms with van der Waals surface area (Å²) in [6, 6.07) is 10.1. The average molecular weight is 294 g/mol. The van der Waals surface area contributed by atoms with Gasteiger partial charge in [0.25, 0.3) is 0 Å². The number of aromatic nitrogens is 3. The summed E-state index contributed by atoms with van der Waals surface area (Å²) in [5.74, 6) is -0.527. The summed E-state index contributed by atoms with van der Waals surface area (Å²) < 4.78 is 6.00. The van der Waals surface area contributed by atoms with Crippen LogP contribution in [0.1, 0.15) is 15.9 Å². The van der Waals surface area contributed by atoms with Crippen LogP contribution in [0, 0.1) is 11.3 Å². The average Bonchev–Trinajstić information content (AvgIpc) is 2.89. The number of ether oxygens (including phenoxy) is 1. The monoisotopic (exact) mass is 294 g/mol. The molecule has 22 heavy (non-hydrogen) atoms. The maximum Gasteiger partial charge on any atom is 0.339 e. The van der Waals surface area contributed by atoms with Gasteiger partial charge >= 0.3 is 11.7 Å². The van der Waals surface area contributed by atoms with Crippen molar-refractivity contribution in [3.8, 4) is 11.8 Å². The molecule has 0 spiro atoms. The number of nitrogens with zero attached hydrogens (tertiary/aromatic N) is 3. The predicted molar refractivity (Wildman–Crippen MR) is 77.7 cm³/mol. The van der Waals surface area contributed by atoms with Crippen molar-refractivity contribution < 1.29 is 9.53 Å². The Balaban J connectivity index is 2.18. The number of H-pyrrole nitrogens is 1. The summed E-state index contributed by atoms with van der Waals surface area (Å²) in [6.07, 6.45) is 1.35. The van der Waals surface area contributed by atoms with E-state index in [2.05, 4.69) is 14.7 Å². The quantitative estimate of drug-likeness (QED) is 0.719. The molecule has 0 saturated carbocycles. The van der Waals surface area contributed by atoms with Crippen molar-refractivity contribution in [2.75, 3.05) is 7.11 Å². The molecule has 1 N–H and O–H groups in total. The highest BCUT2D eigenvalue weighted by Crippen LogP contribution is 2.15. The molecule has 0 aliphatic heterocycles. The van der Waals surface area contributed by atoms with Crippen molar-refractivity contribution in [3.05, 3.63) is 58.1 Å². The second-order valence-electron chi connectivity index (χ2n) is 4.51. The van der Waals surface area contributed by atoms with Crippen LogP contribution >= 0.6 is 0 Å². The first kappa shape index (κ1) is 13.6. The highest BCUT2D eigenvalue weighted by Gasteiger charge is 2.13. The van der Waals surface area contributed by atoms with E-state index in [0.717, 1.165) is 0 Å². The maximum atomic E-state index is 12.1. The minimum Gasteiger partial charge on any atom is -0.465 e. The molecule has 0 amide bonds. The second-order valence-corrected chi connectivity index (χ2v) is 4.51. The van der Waals surface area contributed by atoms with Gasteiger partial charge < -0.3 is 9.72 Å². The van der Waals surface area contributed by atoms with E-state index in [1.807, 2.05) is 6.07 Å². The van der Waals surface area contributed by atoms with Gasteiger partial charge in [0.15, 0.2) is 5.65 Å². The van der Waals surface area contributed by atoms with E-state index in [1.54, 1.807) is 24.3 Å². The zero-order chi connectivity index (χ0) is 15.7. The molecule has 1 aromatic carbocycles. The topological polar surface area (TPSA) is 101 Å². The molecule has 2 heterocycles. The molecule has 7 nitrogen and oxygen atoms in total. The summed E-state index contributed by atoms with van der Waals surface area (Å²) in [7, 11) is 1.27. The van der Waals surface area contributed by atoms with E-state index in [4.69, 9.17) is 5.26 Å². The molecule has 0 atom stereocenters. The standard InChI is InChI=1S/C15H10N4O3/c1-22-14(20)10-6-12-13(17-8-10)19(15(21)18-12)11-4-2-9(7-16)3-5-11/h2-6,8H,1H3,(H,18,21). The number of esters is 1. The molecule has 3 rings (SSSR count). The molecule has 108 valence electrons. The molecule has 0 radical (unpaired) electrons. The molecular weight excluding hydrogens is 284 g/mol. The van der Waals surface area contributed by atoms with Gasteiger partial charge in [-0.2, -0.15) is 5.26 Å². The van der Waals surface area contributed by atoms with Crippen molar-refractivity contribution in [3.63, 3.8) is 0 Å². The SMILES string of the molecule is COC(=O)c1cnc2c(c1)[nH]c(=O)n2-c1ccc(C#N)cc1. The number of hydrogen-bond acceptors (Lipinski definition) is 5. The predicted octanol–water partition coefficient (Wildman–Crippen LogP) is 1.37. The zero-order valence-corrected chi connectivity index (χ0v) is 11.5. The normalized spacial score (nSPS) is 10.4. The Morgan fingerprint density at radius 2 is 2.09 bits per heavy atom. The summed E-state index contributed by atoms with van der Waals surface area (Å²) in [6.45, 7) is 0. The van der Waals surface area contributed by atoms with E-state index >= 15 is 0 Å². The Hall–Kier alpha value is -3.40. The minimum atomic E-state index is -0.527. The number of imidazole rings is 1. The Labute approximate surface area is 124 Å². The third kappa shape index (κ3) is 2.13. The third-order valence-corrected chi connectivity index (χ3v) is 3.20. The Morgan fingerprint density at radius 3 is 2.73 bits per heavy atom. The number of carbonyl (C=O) groups is 1. The molecule has 0 unspecified atom stereocenters. The van der Waals surface area contributed by atoms with E-state index in [0.29, 0.717) is 22.4 Å². The molecule has 0 bridgehead atoms. The molecule has 0 saturated heterocycles. The van der Waals surface area contributed by atoms with Crippen molar-refractivity contribution in [2.45, 2.75) is 0 Å². The third-order valence-electron chi connectivity index (χ3n) is 3.20. The van der Waals surface area contributed by atoms with Crippen molar-refractivity contribution >= 4 is 17.1 Å². The molecule has 0 aliphatic carbocycles. The number of nitriles is 1. The van der Waals surface area contributed by atoms with E-state index in [9.17, 15) is 9.59 Å². The van der Waals surface area contributed by atoms with Crippen LogP contribution in [-0.2, 0) is 4.74 Å². The largest absolute Gasteiger partial charge is 0.465 e. The number of rotatable bonds is 2. The number of fused-ring (bicyclic) bond motifs is 1. The minimum absolute atomic E-state index is 0.253. The lowest BCUT2D eigenvalue weighted by Gasteiger charge is -2.03. The van der Waals surface area contributed by atoms with E-state index in [1.165, 1.54) is 23.9 Å². The summed E-state index contributed by atoms with van der Waals surface area (Å²) in [5.41, 5.74) is 1.77. The van der Waals surface area contributed by atoms with Gasteiger partial charge in [-0.15, -0.1) is 0 Å². The lowest BCUT2D eigenvalue weighted by molar-refractivity contribution is 0.0600. The second kappa shape index (κ2) is 5.18. The summed E-state index contributed by atoms with van der Waals surface area (Å²) in [5, 5.41) is 8.81. The summed E-state index contributed by atoms with van der Waals surface area (Å²) in [4.78, 5) is 30.4. The van der Waals surface area contributed by atoms with E-state index < -0.39 is 5.97 Å². The van der Waals surface area contributed by atoms with Gasteiger partial charge in [-0.3, -0.25) is 0 Å². The van der Waals surface area contributed by atoms with Crippen LogP contribution < -0.4 is 5.69 Å². The van der Waals surface area contributed by atoms with Gasteiger partial charge in [-0.05, 0) is 30.3 Å². The van der Waals surface area contributed by atoms with Gasteiger partial charge in [0.1, 0.15) is 0 Å². The highest BCUT2D eigenvalue weighted by atomic mass is 16.5. The van der Waals surface area contributed by atoms with Gasteiger partial charge in [0.05, 0.1) is 35.5 Å². The smallest absolute Gasteiger partial charge is 0.339 e. The van der Waals surface area contributed by atoms with Crippen LogP contribution in [0.3, 0.4) is 0 Å². The first-order valence-corrected chi connectivity index (χ1v) is 6.33. The van der Waals surface area contributed by atoms with Gasteiger partial charge in [0, 0.05) is 6.20 Å². The van der Waals surface area contributed by atoms with Crippen molar-refractivity contribution in [1.82, 2.24) is 14.5 Å². The number of benzene rings is 1. The molecule has 0 fully saturated rings. The Morgan fingerprint density at radius 1 is 1.36 bits per heavy atom. The fraction of sp³-hybridized carbons (Fsp3) is 0.0667. The lowest BCUT2D eigenvalue weighted by atomic mass is 10.2. The number of hydrogen-bond donors (Lipinski definition) is 1. The first-order valence-electron chi connectivity index (χ1n) is 6.33. The molecule has 7 heteroatoms. The van der Waals surface area contributed by atoms with Crippen LogP contribution in [0.4, 0.5) is 0 Å².